The molecule has 0 unspecified atom stereocenters. The predicted molar refractivity (Wildman–Crippen MR) is 62.4 cm³/mol. The van der Waals surface area contributed by atoms with Crippen molar-refractivity contribution in [3.8, 4) is 0 Å². The number of aliphatic imine (C=N–C) groups is 1. The van der Waals surface area contributed by atoms with Crippen molar-refractivity contribution in [1.82, 2.24) is 10.6 Å². The van der Waals surface area contributed by atoms with Crippen LogP contribution in [-0.4, -0.2) is 25.0 Å². The van der Waals surface area contributed by atoms with Gasteiger partial charge >= 0.3 is 0 Å². The number of hydrogen-bond acceptors (Lipinski definition) is 3. The fourth-order valence-corrected chi connectivity index (χ4v) is 1.30. The normalized spacial score (nSPS) is 11.0. The first-order valence-electron chi connectivity index (χ1n) is 4.79. The lowest BCUT2D eigenvalue weighted by Gasteiger charge is -2.08. The predicted octanol–water partition coefficient (Wildman–Crippen LogP) is 0.890. The Hall–Kier alpha value is -2.11. The molecule has 86 valence electrons. The van der Waals surface area contributed by atoms with E-state index in [0.717, 1.165) is 0 Å². The molecule has 0 saturated carbocycles. The van der Waals surface area contributed by atoms with Crippen LogP contribution in [0.25, 0.3) is 0 Å². The van der Waals surface area contributed by atoms with E-state index in [1.807, 2.05) is 0 Å². The summed E-state index contributed by atoms with van der Waals surface area (Å²) in [6.07, 6.45) is 0. The third-order valence-electron chi connectivity index (χ3n) is 2.10. The summed E-state index contributed by atoms with van der Waals surface area (Å²) < 4.78 is 0. The topological polar surface area (TPSA) is 79.6 Å². The fourth-order valence-electron chi connectivity index (χ4n) is 1.30. The quantitative estimate of drug-likeness (QED) is 0.344. The van der Waals surface area contributed by atoms with Crippen LogP contribution in [0, 0.1) is 10.1 Å². The summed E-state index contributed by atoms with van der Waals surface area (Å²) in [5.41, 5.74) is 0.741. The Bertz CT molecular complexity index is 404. The van der Waals surface area contributed by atoms with Crippen LogP contribution in [0.15, 0.2) is 29.3 Å². The maximum Gasteiger partial charge on any atom is 0.274 e. The lowest BCUT2D eigenvalue weighted by atomic mass is 10.2. The number of para-hydroxylation sites is 1. The Morgan fingerprint density at radius 3 is 2.75 bits per heavy atom. The van der Waals surface area contributed by atoms with Crippen molar-refractivity contribution in [3.63, 3.8) is 0 Å². The van der Waals surface area contributed by atoms with Gasteiger partial charge in [0.2, 0.25) is 0 Å². The zero-order valence-corrected chi connectivity index (χ0v) is 9.23. The second-order valence-electron chi connectivity index (χ2n) is 3.06. The van der Waals surface area contributed by atoms with Crippen molar-refractivity contribution in [3.05, 3.63) is 39.9 Å². The van der Waals surface area contributed by atoms with Crippen LogP contribution < -0.4 is 10.6 Å². The molecule has 0 saturated heterocycles. The van der Waals surface area contributed by atoms with E-state index in [2.05, 4.69) is 15.6 Å². The molecule has 2 N–H and O–H groups in total. The van der Waals surface area contributed by atoms with Gasteiger partial charge in [0, 0.05) is 32.3 Å². The highest BCUT2D eigenvalue weighted by atomic mass is 16.6. The molecule has 6 heteroatoms. The SMILES string of the molecule is CN=C(NC)NCc1ccccc1[N+](=O)[O-]. The summed E-state index contributed by atoms with van der Waals surface area (Å²) in [7, 11) is 3.37. The smallest absolute Gasteiger partial charge is 0.274 e. The first-order valence-corrected chi connectivity index (χ1v) is 4.79. The molecule has 0 amide bonds. The molecule has 0 spiro atoms. The van der Waals surface area contributed by atoms with Gasteiger partial charge in [-0.1, -0.05) is 18.2 Å². The van der Waals surface area contributed by atoms with Crippen molar-refractivity contribution in [1.29, 1.82) is 0 Å². The van der Waals surface area contributed by atoms with Crippen LogP contribution in [0.5, 0.6) is 0 Å². The highest BCUT2D eigenvalue weighted by Crippen LogP contribution is 2.16. The molecule has 0 bridgehead atoms. The molecule has 1 rings (SSSR count). The van der Waals surface area contributed by atoms with E-state index >= 15 is 0 Å². The highest BCUT2D eigenvalue weighted by Gasteiger charge is 2.11. The van der Waals surface area contributed by atoms with E-state index in [4.69, 9.17) is 0 Å². The second-order valence-corrected chi connectivity index (χ2v) is 3.06. The van der Waals surface area contributed by atoms with E-state index in [1.54, 1.807) is 32.3 Å². The highest BCUT2D eigenvalue weighted by molar-refractivity contribution is 5.79. The van der Waals surface area contributed by atoms with Crippen molar-refractivity contribution in [2.24, 2.45) is 4.99 Å². The van der Waals surface area contributed by atoms with Gasteiger partial charge in [0.05, 0.1) is 4.92 Å². The molecule has 6 nitrogen and oxygen atoms in total. The Morgan fingerprint density at radius 1 is 1.50 bits per heavy atom. The average molecular weight is 222 g/mol. The van der Waals surface area contributed by atoms with E-state index < -0.39 is 0 Å². The van der Waals surface area contributed by atoms with Crippen LogP contribution in [0.1, 0.15) is 5.56 Å². The Morgan fingerprint density at radius 2 is 2.19 bits per heavy atom. The number of nitrogens with one attached hydrogen (secondary N) is 2. The number of nitro groups is 1. The Labute approximate surface area is 93.5 Å². The molecule has 0 aromatic heterocycles. The summed E-state index contributed by atoms with van der Waals surface area (Å²) in [5, 5.41) is 16.5. The molecule has 0 fully saturated rings. The zero-order valence-electron chi connectivity index (χ0n) is 9.23. The second kappa shape index (κ2) is 5.69. The Kier molecular flexibility index (Phi) is 4.26. The minimum atomic E-state index is -0.390. The Balaban J connectivity index is 2.77. The van der Waals surface area contributed by atoms with Gasteiger partial charge in [-0.25, -0.2) is 0 Å². The molecule has 0 heterocycles. The summed E-state index contributed by atoms with van der Waals surface area (Å²) in [4.78, 5) is 14.3. The summed E-state index contributed by atoms with van der Waals surface area (Å²) in [6.45, 7) is 0.366. The van der Waals surface area contributed by atoms with Crippen LogP contribution in [0.3, 0.4) is 0 Å². The molecule has 0 aliphatic rings. The molecule has 1 aromatic carbocycles. The minimum Gasteiger partial charge on any atom is -0.359 e. The van der Waals surface area contributed by atoms with Crippen molar-refractivity contribution < 1.29 is 4.92 Å². The van der Waals surface area contributed by atoms with E-state index in [9.17, 15) is 10.1 Å². The van der Waals surface area contributed by atoms with Gasteiger partial charge in [0.1, 0.15) is 0 Å². The number of hydrogen-bond donors (Lipinski definition) is 2. The first kappa shape index (κ1) is 12.0. The monoisotopic (exact) mass is 222 g/mol. The third kappa shape index (κ3) is 2.94. The van der Waals surface area contributed by atoms with Gasteiger partial charge in [-0.15, -0.1) is 0 Å². The molecule has 0 radical (unpaired) electrons. The molecule has 0 atom stereocenters. The van der Waals surface area contributed by atoms with Crippen LogP contribution in [-0.2, 0) is 6.54 Å². The van der Waals surface area contributed by atoms with Gasteiger partial charge in [0.15, 0.2) is 5.96 Å². The van der Waals surface area contributed by atoms with E-state index in [0.29, 0.717) is 18.1 Å². The molecular formula is C10H14N4O2. The van der Waals surface area contributed by atoms with Crippen LogP contribution >= 0.6 is 0 Å². The summed E-state index contributed by atoms with van der Waals surface area (Å²) in [6, 6.07) is 6.62. The standard InChI is InChI=1S/C10H14N4O2/c1-11-10(12-2)13-7-8-5-3-4-6-9(8)14(15)16/h3-6H,7H2,1-2H3,(H2,11,12,13). The van der Waals surface area contributed by atoms with Gasteiger partial charge in [0.25, 0.3) is 5.69 Å². The maximum absolute atomic E-state index is 10.7. The average Bonchev–Trinajstić information content (AvgIpc) is 2.30. The largest absolute Gasteiger partial charge is 0.359 e. The third-order valence-corrected chi connectivity index (χ3v) is 2.10. The first-order chi connectivity index (χ1) is 7.69. The lowest BCUT2D eigenvalue weighted by Crippen LogP contribution is -2.34. The number of nitrogens with zero attached hydrogens (tertiary/aromatic N) is 2. The van der Waals surface area contributed by atoms with Crippen molar-refractivity contribution in [2.45, 2.75) is 6.54 Å². The molecule has 0 aliphatic carbocycles. The summed E-state index contributed by atoms with van der Waals surface area (Å²) >= 11 is 0. The van der Waals surface area contributed by atoms with Gasteiger partial charge in [-0.05, 0) is 0 Å². The van der Waals surface area contributed by atoms with E-state index in [-0.39, 0.29) is 10.6 Å². The fraction of sp³-hybridized carbons (Fsp3) is 0.300. The number of rotatable bonds is 3. The molecule has 16 heavy (non-hydrogen) atoms. The molecule has 1 aromatic rings. The molecular weight excluding hydrogens is 208 g/mol. The minimum absolute atomic E-state index is 0.113. The van der Waals surface area contributed by atoms with Gasteiger partial charge in [-0.2, -0.15) is 0 Å². The lowest BCUT2D eigenvalue weighted by molar-refractivity contribution is -0.385. The number of benzene rings is 1. The van der Waals surface area contributed by atoms with Crippen molar-refractivity contribution in [2.75, 3.05) is 14.1 Å². The summed E-state index contributed by atoms with van der Waals surface area (Å²) in [5.74, 6) is 0.596. The van der Waals surface area contributed by atoms with Crippen LogP contribution in [0.2, 0.25) is 0 Å². The number of nitro benzene ring substituents is 1. The number of guanidine groups is 1. The van der Waals surface area contributed by atoms with Gasteiger partial charge < -0.3 is 10.6 Å². The maximum atomic E-state index is 10.7. The van der Waals surface area contributed by atoms with Crippen LogP contribution in [0.4, 0.5) is 5.69 Å². The van der Waals surface area contributed by atoms with Crippen molar-refractivity contribution >= 4 is 11.6 Å². The van der Waals surface area contributed by atoms with Gasteiger partial charge in [-0.3, -0.25) is 15.1 Å². The van der Waals surface area contributed by atoms with E-state index in [1.165, 1.54) is 6.07 Å². The zero-order chi connectivity index (χ0) is 12.0. The molecule has 0 aliphatic heterocycles.